The highest BCUT2D eigenvalue weighted by Gasteiger charge is 2.18. The molecule has 21 heavy (non-hydrogen) atoms. The third kappa shape index (κ3) is 7.87. The van der Waals surface area contributed by atoms with Crippen LogP contribution in [0.1, 0.15) is 6.42 Å². The highest BCUT2D eigenvalue weighted by molar-refractivity contribution is 7.99. The normalized spacial score (nSPS) is 11.7. The lowest BCUT2D eigenvalue weighted by Crippen LogP contribution is -2.49. The minimum absolute atomic E-state index is 0.184. The summed E-state index contributed by atoms with van der Waals surface area (Å²) in [7, 11) is 0. The Bertz CT molecular complexity index is 443. The maximum absolute atomic E-state index is 12.0. The Morgan fingerprint density at radius 2 is 1.95 bits per heavy atom. The van der Waals surface area contributed by atoms with E-state index in [0.29, 0.717) is 13.0 Å². The van der Waals surface area contributed by atoms with Crippen molar-refractivity contribution in [3.05, 3.63) is 30.3 Å². The van der Waals surface area contributed by atoms with Crippen molar-refractivity contribution < 1.29 is 9.59 Å². The number of nitrogens with two attached hydrogens (primary N) is 1. The molecule has 0 aromatic heterocycles. The van der Waals surface area contributed by atoms with E-state index in [2.05, 4.69) is 10.6 Å². The van der Waals surface area contributed by atoms with Crippen molar-refractivity contribution in [2.24, 2.45) is 5.73 Å². The lowest BCUT2D eigenvalue weighted by Gasteiger charge is -2.16. The predicted octanol–water partition coefficient (Wildman–Crippen LogP) is 1.68. The molecule has 1 rings (SSSR count). The largest absolute Gasteiger partial charge is 0.353 e. The van der Waals surface area contributed by atoms with Crippen molar-refractivity contribution in [1.82, 2.24) is 10.6 Å². The Morgan fingerprint density at radius 3 is 2.57 bits per heavy atom. The summed E-state index contributed by atoms with van der Waals surface area (Å²) in [6, 6.07) is 8.76. The highest BCUT2D eigenvalue weighted by atomic mass is 32.2. The van der Waals surface area contributed by atoms with Gasteiger partial charge in [0, 0.05) is 17.2 Å². The molecule has 0 saturated heterocycles. The van der Waals surface area contributed by atoms with Crippen LogP contribution >= 0.6 is 23.5 Å². The van der Waals surface area contributed by atoms with Crippen molar-refractivity contribution in [2.45, 2.75) is 17.4 Å². The van der Waals surface area contributed by atoms with Crippen LogP contribution in [0.5, 0.6) is 0 Å². The fraction of sp³-hybridized carbons (Fsp3) is 0.429. The van der Waals surface area contributed by atoms with E-state index in [1.165, 1.54) is 4.90 Å². The van der Waals surface area contributed by atoms with Gasteiger partial charge in [0.05, 0.1) is 0 Å². The Labute approximate surface area is 133 Å². The third-order valence-corrected chi connectivity index (χ3v) is 4.31. The second kappa shape index (κ2) is 10.4. The molecule has 5 nitrogen and oxygen atoms in total. The lowest BCUT2D eigenvalue weighted by atomic mass is 10.2. The van der Waals surface area contributed by atoms with E-state index in [9.17, 15) is 9.59 Å². The number of hydrogen-bond acceptors (Lipinski definition) is 4. The van der Waals surface area contributed by atoms with Crippen molar-refractivity contribution in [3.8, 4) is 0 Å². The second-order valence-electron chi connectivity index (χ2n) is 4.30. The molecule has 7 heteroatoms. The van der Waals surface area contributed by atoms with Gasteiger partial charge < -0.3 is 16.4 Å². The van der Waals surface area contributed by atoms with Gasteiger partial charge in [-0.1, -0.05) is 18.2 Å². The Hall–Kier alpha value is -1.34. The van der Waals surface area contributed by atoms with Crippen molar-refractivity contribution in [2.75, 3.05) is 24.3 Å². The summed E-state index contributed by atoms with van der Waals surface area (Å²) in [6.45, 7) is 0.550. The standard InChI is InChI=1S/C14H21N3O2S2/c1-20-9-7-12(17-14(15)19)13(18)16-8-10-21-11-5-3-2-4-6-11/h2-6,12H,7-10H2,1H3,(H,16,18)(H3,15,17,19)/t12-/m0/s1. The highest BCUT2D eigenvalue weighted by Crippen LogP contribution is 2.15. The Kier molecular flexibility index (Phi) is 8.77. The molecule has 4 N–H and O–H groups in total. The van der Waals surface area contributed by atoms with E-state index in [1.807, 2.05) is 36.6 Å². The first-order valence-corrected chi connectivity index (χ1v) is 9.02. The van der Waals surface area contributed by atoms with Crippen LogP contribution in [0.4, 0.5) is 4.79 Å². The molecule has 0 aliphatic heterocycles. The van der Waals surface area contributed by atoms with Crippen LogP contribution in [0.3, 0.4) is 0 Å². The predicted molar refractivity (Wildman–Crippen MR) is 89.7 cm³/mol. The smallest absolute Gasteiger partial charge is 0.312 e. The summed E-state index contributed by atoms with van der Waals surface area (Å²) >= 11 is 3.30. The van der Waals surface area contributed by atoms with Gasteiger partial charge in [-0.05, 0) is 30.6 Å². The fourth-order valence-electron chi connectivity index (χ4n) is 1.66. The van der Waals surface area contributed by atoms with E-state index in [0.717, 1.165) is 11.5 Å². The number of amides is 3. The van der Waals surface area contributed by atoms with Gasteiger partial charge in [-0.2, -0.15) is 11.8 Å². The van der Waals surface area contributed by atoms with Gasteiger partial charge in [0.2, 0.25) is 5.91 Å². The molecule has 0 radical (unpaired) electrons. The SMILES string of the molecule is CSCC[C@H](NC(N)=O)C(=O)NCCSc1ccccc1. The number of urea groups is 1. The average Bonchev–Trinajstić information content (AvgIpc) is 2.48. The molecule has 0 fully saturated rings. The van der Waals surface area contributed by atoms with Gasteiger partial charge in [-0.3, -0.25) is 4.79 Å². The summed E-state index contributed by atoms with van der Waals surface area (Å²) in [5, 5.41) is 5.31. The molecule has 0 bridgehead atoms. The van der Waals surface area contributed by atoms with Gasteiger partial charge in [0.1, 0.15) is 6.04 Å². The number of nitrogens with one attached hydrogen (secondary N) is 2. The number of thioether (sulfide) groups is 2. The Morgan fingerprint density at radius 1 is 1.24 bits per heavy atom. The van der Waals surface area contributed by atoms with Gasteiger partial charge >= 0.3 is 6.03 Å². The van der Waals surface area contributed by atoms with Gasteiger partial charge in [-0.15, -0.1) is 11.8 Å². The zero-order valence-electron chi connectivity index (χ0n) is 12.0. The molecule has 1 aromatic carbocycles. The minimum atomic E-state index is -0.671. The van der Waals surface area contributed by atoms with Gasteiger partial charge in [0.15, 0.2) is 0 Å². The summed E-state index contributed by atoms with van der Waals surface area (Å²) in [4.78, 5) is 24.1. The first-order chi connectivity index (χ1) is 10.1. The number of carbonyl (C=O) groups is 2. The summed E-state index contributed by atoms with van der Waals surface area (Å²) in [5.74, 6) is 1.38. The summed E-state index contributed by atoms with van der Waals surface area (Å²) in [6.07, 6.45) is 2.53. The monoisotopic (exact) mass is 327 g/mol. The van der Waals surface area contributed by atoms with Crippen LogP contribution in [-0.2, 0) is 4.79 Å². The van der Waals surface area contributed by atoms with Crippen molar-refractivity contribution in [1.29, 1.82) is 0 Å². The van der Waals surface area contributed by atoms with Crippen LogP contribution in [-0.4, -0.2) is 42.3 Å². The molecule has 0 heterocycles. The van der Waals surface area contributed by atoms with Crippen molar-refractivity contribution in [3.63, 3.8) is 0 Å². The molecule has 1 aromatic rings. The molecular weight excluding hydrogens is 306 g/mol. The molecule has 1 atom stereocenters. The van der Waals surface area contributed by atoms with E-state index in [-0.39, 0.29) is 5.91 Å². The topological polar surface area (TPSA) is 84.2 Å². The first-order valence-electron chi connectivity index (χ1n) is 6.64. The zero-order chi connectivity index (χ0) is 15.5. The maximum Gasteiger partial charge on any atom is 0.312 e. The lowest BCUT2D eigenvalue weighted by molar-refractivity contribution is -0.122. The van der Waals surface area contributed by atoms with E-state index < -0.39 is 12.1 Å². The van der Waals surface area contributed by atoms with E-state index in [4.69, 9.17) is 5.73 Å². The van der Waals surface area contributed by atoms with Gasteiger partial charge in [-0.25, -0.2) is 4.79 Å². The molecule has 0 aliphatic carbocycles. The van der Waals surface area contributed by atoms with Crippen LogP contribution in [0.15, 0.2) is 35.2 Å². The number of primary amides is 1. The molecule has 0 spiro atoms. The molecule has 3 amide bonds. The quantitative estimate of drug-likeness (QED) is 0.476. The molecule has 0 aliphatic rings. The number of hydrogen-bond donors (Lipinski definition) is 3. The van der Waals surface area contributed by atoms with E-state index in [1.54, 1.807) is 23.5 Å². The van der Waals surface area contributed by atoms with Crippen LogP contribution in [0.25, 0.3) is 0 Å². The summed E-state index contributed by atoms with van der Waals surface area (Å²) in [5.41, 5.74) is 5.09. The third-order valence-electron chi connectivity index (χ3n) is 2.66. The maximum atomic E-state index is 12.0. The van der Waals surface area contributed by atoms with E-state index >= 15 is 0 Å². The van der Waals surface area contributed by atoms with Crippen LogP contribution < -0.4 is 16.4 Å². The first kappa shape index (κ1) is 17.7. The zero-order valence-corrected chi connectivity index (χ0v) is 13.6. The van der Waals surface area contributed by atoms with Crippen LogP contribution in [0.2, 0.25) is 0 Å². The van der Waals surface area contributed by atoms with Crippen molar-refractivity contribution >= 4 is 35.5 Å². The molecule has 116 valence electrons. The number of benzene rings is 1. The van der Waals surface area contributed by atoms with Gasteiger partial charge in [0.25, 0.3) is 0 Å². The van der Waals surface area contributed by atoms with Crippen LogP contribution in [0, 0.1) is 0 Å². The summed E-state index contributed by atoms with van der Waals surface area (Å²) < 4.78 is 0. The Balaban J connectivity index is 2.30. The second-order valence-corrected chi connectivity index (χ2v) is 6.45. The number of carbonyl (C=O) groups excluding carboxylic acids is 2. The minimum Gasteiger partial charge on any atom is -0.353 e. The fourth-order valence-corrected chi connectivity index (χ4v) is 2.92. The molecular formula is C14H21N3O2S2. The molecule has 0 saturated carbocycles. The molecule has 0 unspecified atom stereocenters. The average molecular weight is 327 g/mol. The number of rotatable bonds is 9.